The van der Waals surface area contributed by atoms with Gasteiger partial charge in [0.15, 0.2) is 0 Å². The number of hydrogen-bond acceptors (Lipinski definition) is 6. The quantitative estimate of drug-likeness (QED) is 0.685. The summed E-state index contributed by atoms with van der Waals surface area (Å²) >= 11 is 0. The average molecular weight is 301 g/mol. The maximum absolute atomic E-state index is 11.3. The molecule has 0 unspecified atom stereocenters. The highest BCUT2D eigenvalue weighted by Gasteiger charge is 2.22. The van der Waals surface area contributed by atoms with Gasteiger partial charge in [0.2, 0.25) is 10.0 Å². The molecule has 7 nitrogen and oxygen atoms in total. The van der Waals surface area contributed by atoms with Gasteiger partial charge in [-0.25, -0.2) is 23.1 Å². The van der Waals surface area contributed by atoms with Crippen molar-refractivity contribution in [2.75, 3.05) is 23.9 Å². The third-order valence-electron chi connectivity index (χ3n) is 2.44. The average Bonchev–Trinajstić information content (AvgIpc) is 2.23. The number of rotatable bonds is 7. The van der Waals surface area contributed by atoms with Gasteiger partial charge in [0.1, 0.15) is 17.5 Å². The van der Waals surface area contributed by atoms with Crippen molar-refractivity contribution < 1.29 is 8.42 Å². The summed E-state index contributed by atoms with van der Waals surface area (Å²) in [7, 11) is -3.26. The Kier molecular flexibility index (Phi) is 5.29. The summed E-state index contributed by atoms with van der Waals surface area (Å²) in [6.45, 7) is 6.01. The molecule has 114 valence electrons. The summed E-state index contributed by atoms with van der Waals surface area (Å²) in [5, 5.41) is 3.09. The van der Waals surface area contributed by atoms with E-state index in [1.54, 1.807) is 19.9 Å². The first-order valence-corrected chi connectivity index (χ1v) is 8.37. The van der Waals surface area contributed by atoms with E-state index < -0.39 is 15.6 Å². The topological polar surface area (TPSA) is 110 Å². The molecule has 1 heterocycles. The van der Waals surface area contributed by atoms with E-state index in [0.29, 0.717) is 24.0 Å². The molecule has 1 rings (SSSR count). The minimum absolute atomic E-state index is 0.391. The van der Waals surface area contributed by atoms with E-state index in [4.69, 9.17) is 5.73 Å². The molecular formula is C12H23N5O2S. The third-order valence-corrected chi connectivity index (χ3v) is 3.36. The molecule has 0 atom stereocenters. The lowest BCUT2D eigenvalue weighted by molar-refractivity contribution is 0.475. The van der Waals surface area contributed by atoms with Crippen LogP contribution in [0.25, 0.3) is 0 Å². The number of sulfonamides is 1. The molecule has 0 fully saturated rings. The lowest BCUT2D eigenvalue weighted by atomic mass is 10.1. The van der Waals surface area contributed by atoms with E-state index in [-0.39, 0.29) is 0 Å². The fraction of sp³-hybridized carbons (Fsp3) is 0.667. The molecule has 4 N–H and O–H groups in total. The Hall–Kier alpha value is -1.41. The van der Waals surface area contributed by atoms with Crippen molar-refractivity contribution in [1.82, 2.24) is 14.7 Å². The smallest absolute Gasteiger partial charge is 0.209 e. The van der Waals surface area contributed by atoms with Crippen LogP contribution in [0.2, 0.25) is 0 Å². The van der Waals surface area contributed by atoms with Gasteiger partial charge in [-0.15, -0.1) is 0 Å². The van der Waals surface area contributed by atoms with Crippen LogP contribution in [0.5, 0.6) is 0 Å². The number of aromatic nitrogens is 2. The molecule has 0 aromatic carbocycles. The van der Waals surface area contributed by atoms with E-state index >= 15 is 0 Å². The van der Waals surface area contributed by atoms with Gasteiger partial charge in [-0.1, -0.05) is 6.92 Å². The Morgan fingerprint density at radius 2 is 2.00 bits per heavy atom. The van der Waals surface area contributed by atoms with Gasteiger partial charge in [-0.2, -0.15) is 0 Å². The Labute approximate surface area is 120 Å². The van der Waals surface area contributed by atoms with Gasteiger partial charge in [-0.3, -0.25) is 0 Å². The first-order chi connectivity index (χ1) is 9.11. The zero-order valence-corrected chi connectivity index (χ0v) is 13.2. The third kappa shape index (κ3) is 6.16. The summed E-state index contributed by atoms with van der Waals surface area (Å²) in [6, 6.07) is 1.63. The maximum Gasteiger partial charge on any atom is 0.209 e. The van der Waals surface area contributed by atoms with Crippen LogP contribution in [0.4, 0.5) is 11.6 Å². The zero-order chi connectivity index (χ0) is 15.4. The molecule has 0 spiro atoms. The van der Waals surface area contributed by atoms with E-state index in [0.717, 1.165) is 19.1 Å². The second-order valence-corrected chi connectivity index (χ2v) is 7.20. The standard InChI is InChI=1S/C12H23N5O2S/c1-5-6-10-15-9(13)7-11(16-10)14-8-12(2,3)17-20(4,18)19/h7,17H,5-6,8H2,1-4H3,(H3,13,14,15,16). The lowest BCUT2D eigenvalue weighted by Gasteiger charge is -2.25. The van der Waals surface area contributed by atoms with Crippen molar-refractivity contribution >= 4 is 21.7 Å². The first kappa shape index (κ1) is 16.6. The molecule has 1 aromatic rings. The van der Waals surface area contributed by atoms with Crippen LogP contribution in [-0.2, 0) is 16.4 Å². The van der Waals surface area contributed by atoms with E-state index in [1.165, 1.54) is 0 Å². The molecule has 1 aromatic heterocycles. The molecular weight excluding hydrogens is 278 g/mol. The van der Waals surface area contributed by atoms with Gasteiger partial charge < -0.3 is 11.1 Å². The molecule has 0 aliphatic carbocycles. The van der Waals surface area contributed by atoms with Gasteiger partial charge in [0.25, 0.3) is 0 Å². The monoisotopic (exact) mass is 301 g/mol. The van der Waals surface area contributed by atoms with Crippen LogP contribution < -0.4 is 15.8 Å². The van der Waals surface area contributed by atoms with Crippen LogP contribution in [0.1, 0.15) is 33.0 Å². The van der Waals surface area contributed by atoms with Crippen LogP contribution in [0.15, 0.2) is 6.07 Å². The Morgan fingerprint density at radius 3 is 2.55 bits per heavy atom. The SMILES string of the molecule is CCCc1nc(N)cc(NCC(C)(C)NS(C)(=O)=O)n1. The molecule has 20 heavy (non-hydrogen) atoms. The predicted molar refractivity (Wildman–Crippen MR) is 81.0 cm³/mol. The van der Waals surface area contributed by atoms with E-state index in [9.17, 15) is 8.42 Å². The van der Waals surface area contributed by atoms with E-state index in [1.807, 2.05) is 6.92 Å². The minimum atomic E-state index is -3.26. The minimum Gasteiger partial charge on any atom is -0.384 e. The van der Waals surface area contributed by atoms with Crippen LogP contribution in [0, 0.1) is 0 Å². The van der Waals surface area contributed by atoms with Crippen LogP contribution in [0.3, 0.4) is 0 Å². The molecule has 0 saturated heterocycles. The largest absolute Gasteiger partial charge is 0.384 e. The summed E-state index contributed by atoms with van der Waals surface area (Å²) in [6.07, 6.45) is 2.82. The van der Waals surface area contributed by atoms with Gasteiger partial charge in [-0.05, 0) is 20.3 Å². The molecule has 0 radical (unpaired) electrons. The van der Waals surface area contributed by atoms with Crippen molar-refractivity contribution in [2.45, 2.75) is 39.2 Å². The molecule has 0 aliphatic rings. The highest BCUT2D eigenvalue weighted by Crippen LogP contribution is 2.12. The number of nitrogens with one attached hydrogen (secondary N) is 2. The molecule has 0 aliphatic heterocycles. The fourth-order valence-electron chi connectivity index (χ4n) is 1.79. The van der Waals surface area contributed by atoms with E-state index in [2.05, 4.69) is 20.0 Å². The highest BCUT2D eigenvalue weighted by atomic mass is 32.2. The second kappa shape index (κ2) is 6.36. The number of anilines is 2. The van der Waals surface area contributed by atoms with Crippen molar-refractivity contribution in [1.29, 1.82) is 0 Å². The van der Waals surface area contributed by atoms with Crippen LogP contribution in [-0.4, -0.2) is 36.7 Å². The Bertz CT molecular complexity index is 557. The maximum atomic E-state index is 11.3. The van der Waals surface area contributed by atoms with Crippen molar-refractivity contribution in [3.05, 3.63) is 11.9 Å². The Morgan fingerprint density at radius 1 is 1.35 bits per heavy atom. The molecule has 0 saturated carbocycles. The number of aryl methyl sites for hydroxylation is 1. The summed E-state index contributed by atoms with van der Waals surface area (Å²) in [5.74, 6) is 1.69. The van der Waals surface area contributed by atoms with Crippen molar-refractivity contribution in [3.8, 4) is 0 Å². The second-order valence-electron chi connectivity index (χ2n) is 5.46. The van der Waals surface area contributed by atoms with Gasteiger partial charge in [0, 0.05) is 24.6 Å². The fourth-order valence-corrected chi connectivity index (χ4v) is 2.87. The zero-order valence-electron chi connectivity index (χ0n) is 12.4. The summed E-state index contributed by atoms with van der Waals surface area (Å²) < 4.78 is 25.1. The van der Waals surface area contributed by atoms with Crippen molar-refractivity contribution in [3.63, 3.8) is 0 Å². The molecule has 8 heteroatoms. The first-order valence-electron chi connectivity index (χ1n) is 6.47. The van der Waals surface area contributed by atoms with Crippen LogP contribution >= 0.6 is 0 Å². The highest BCUT2D eigenvalue weighted by molar-refractivity contribution is 7.88. The molecule has 0 bridgehead atoms. The number of nitrogen functional groups attached to an aromatic ring is 1. The normalized spacial score (nSPS) is 12.4. The number of nitrogens with two attached hydrogens (primary N) is 1. The van der Waals surface area contributed by atoms with Gasteiger partial charge >= 0.3 is 0 Å². The molecule has 0 amide bonds. The number of nitrogens with zero attached hydrogens (tertiary/aromatic N) is 2. The summed E-state index contributed by atoms with van der Waals surface area (Å²) in [5.41, 5.74) is 5.10. The predicted octanol–water partition coefficient (Wildman–Crippen LogP) is 0.751. The number of hydrogen-bond donors (Lipinski definition) is 3. The Balaban J connectivity index is 2.74. The van der Waals surface area contributed by atoms with Gasteiger partial charge in [0.05, 0.1) is 6.26 Å². The lowest BCUT2D eigenvalue weighted by Crippen LogP contribution is -2.47. The summed E-state index contributed by atoms with van der Waals surface area (Å²) in [4.78, 5) is 8.49. The van der Waals surface area contributed by atoms with Crippen molar-refractivity contribution in [2.24, 2.45) is 0 Å².